The molecule has 0 saturated heterocycles. The Labute approximate surface area is 138 Å². The van der Waals surface area contributed by atoms with Crippen LogP contribution in [0.5, 0.6) is 0 Å². The summed E-state index contributed by atoms with van der Waals surface area (Å²) in [7, 11) is 0. The van der Waals surface area contributed by atoms with Crippen molar-refractivity contribution in [2.24, 2.45) is 0 Å². The van der Waals surface area contributed by atoms with Gasteiger partial charge in [0.2, 0.25) is 0 Å². The van der Waals surface area contributed by atoms with Crippen LogP contribution < -0.4 is 5.32 Å². The van der Waals surface area contributed by atoms with Crippen molar-refractivity contribution in [3.05, 3.63) is 50.9 Å². The number of carbonyl (C=O) groups is 1. The summed E-state index contributed by atoms with van der Waals surface area (Å²) < 4.78 is 0. The Balaban J connectivity index is 1.89. The molecular weight excluding hydrogens is 316 g/mol. The largest absolute Gasteiger partial charge is 0.312 e. The highest BCUT2D eigenvalue weighted by atomic mass is 35.5. The van der Waals surface area contributed by atoms with E-state index in [4.69, 9.17) is 11.6 Å². The number of halogens is 1. The van der Waals surface area contributed by atoms with Crippen molar-refractivity contribution < 1.29 is 4.79 Å². The normalized spacial score (nSPS) is 13.8. The summed E-state index contributed by atoms with van der Waals surface area (Å²) in [6, 6.07) is 9.08. The van der Waals surface area contributed by atoms with Gasteiger partial charge in [-0.2, -0.15) is 5.26 Å². The molecule has 2 aromatic rings. The lowest BCUT2D eigenvalue weighted by Crippen LogP contribution is -2.11. The van der Waals surface area contributed by atoms with Gasteiger partial charge < -0.3 is 5.32 Å². The first kappa shape index (κ1) is 15.1. The number of nitriles is 1. The highest BCUT2D eigenvalue weighted by Gasteiger charge is 2.21. The van der Waals surface area contributed by atoms with E-state index in [2.05, 4.69) is 11.4 Å². The van der Waals surface area contributed by atoms with Crippen molar-refractivity contribution in [3.8, 4) is 6.07 Å². The number of nitrogens with zero attached hydrogens (tertiary/aromatic N) is 1. The van der Waals surface area contributed by atoms with Crippen LogP contribution in [-0.4, -0.2) is 5.91 Å². The van der Waals surface area contributed by atoms with Crippen LogP contribution in [-0.2, 0) is 12.8 Å². The van der Waals surface area contributed by atoms with Crippen LogP contribution in [0.15, 0.2) is 24.3 Å². The number of nitrogens with one attached hydrogen (secondary N) is 1. The number of thiophene rings is 1. The number of fused-ring (bicyclic) bond motifs is 1. The van der Waals surface area contributed by atoms with E-state index in [0.717, 1.165) is 31.2 Å². The molecular formula is C17H15ClN2OS. The number of rotatable bonds is 2. The molecule has 22 heavy (non-hydrogen) atoms. The van der Waals surface area contributed by atoms with Gasteiger partial charge in [-0.1, -0.05) is 24.1 Å². The second-order valence-electron chi connectivity index (χ2n) is 5.34. The van der Waals surface area contributed by atoms with E-state index in [-0.39, 0.29) is 5.91 Å². The summed E-state index contributed by atoms with van der Waals surface area (Å²) >= 11 is 7.46. The van der Waals surface area contributed by atoms with Crippen LogP contribution in [0.4, 0.5) is 5.00 Å². The number of carbonyl (C=O) groups excluding carboxylic acids is 1. The summed E-state index contributed by atoms with van der Waals surface area (Å²) in [6.45, 7) is 0. The zero-order chi connectivity index (χ0) is 15.5. The molecule has 5 heteroatoms. The quantitative estimate of drug-likeness (QED) is 0.804. The zero-order valence-corrected chi connectivity index (χ0v) is 13.6. The minimum atomic E-state index is -0.226. The van der Waals surface area contributed by atoms with Crippen LogP contribution >= 0.6 is 22.9 Å². The fourth-order valence-electron chi connectivity index (χ4n) is 2.75. The molecule has 0 atom stereocenters. The number of aryl methyl sites for hydroxylation is 1. The minimum Gasteiger partial charge on any atom is -0.312 e. The van der Waals surface area contributed by atoms with Gasteiger partial charge in [-0.15, -0.1) is 11.3 Å². The molecule has 1 aromatic heterocycles. The average Bonchev–Trinajstić information content (AvgIpc) is 2.68. The molecule has 1 N–H and O–H groups in total. The lowest BCUT2D eigenvalue weighted by atomic mass is 10.1. The maximum Gasteiger partial charge on any atom is 0.256 e. The maximum absolute atomic E-state index is 12.3. The molecule has 0 aliphatic heterocycles. The average molecular weight is 331 g/mol. The molecule has 1 aromatic carbocycles. The monoisotopic (exact) mass is 330 g/mol. The Morgan fingerprint density at radius 3 is 2.86 bits per heavy atom. The van der Waals surface area contributed by atoms with Crippen molar-refractivity contribution in [2.75, 3.05) is 5.32 Å². The molecule has 0 saturated carbocycles. The molecule has 1 aliphatic carbocycles. The third kappa shape index (κ3) is 3.01. The summed E-state index contributed by atoms with van der Waals surface area (Å²) in [5.41, 5.74) is 2.27. The highest BCUT2D eigenvalue weighted by Crippen LogP contribution is 2.37. The Morgan fingerprint density at radius 2 is 2.09 bits per heavy atom. The van der Waals surface area contributed by atoms with Crippen LogP contribution in [0.2, 0.25) is 5.02 Å². The molecule has 1 aliphatic rings. The van der Waals surface area contributed by atoms with Gasteiger partial charge in [0, 0.05) is 15.5 Å². The molecule has 3 rings (SSSR count). The highest BCUT2D eigenvalue weighted by molar-refractivity contribution is 7.16. The molecule has 0 bridgehead atoms. The zero-order valence-electron chi connectivity index (χ0n) is 12.0. The molecule has 1 amide bonds. The Hall–Kier alpha value is -1.83. The van der Waals surface area contributed by atoms with Crippen LogP contribution in [0, 0.1) is 11.3 Å². The van der Waals surface area contributed by atoms with E-state index in [9.17, 15) is 10.1 Å². The van der Waals surface area contributed by atoms with E-state index < -0.39 is 0 Å². The van der Waals surface area contributed by atoms with Gasteiger partial charge in [0.1, 0.15) is 11.1 Å². The van der Waals surface area contributed by atoms with Crippen molar-refractivity contribution in [1.29, 1.82) is 5.26 Å². The molecule has 0 spiro atoms. The Bertz CT molecular complexity index is 761. The predicted octanol–water partition coefficient (Wildman–Crippen LogP) is 4.79. The van der Waals surface area contributed by atoms with E-state index >= 15 is 0 Å². The first-order chi connectivity index (χ1) is 10.7. The second kappa shape index (κ2) is 6.51. The molecule has 0 fully saturated rings. The van der Waals surface area contributed by atoms with Crippen molar-refractivity contribution in [1.82, 2.24) is 0 Å². The lowest BCUT2D eigenvalue weighted by Gasteiger charge is -2.04. The summed E-state index contributed by atoms with van der Waals surface area (Å²) in [4.78, 5) is 13.6. The van der Waals surface area contributed by atoms with Crippen LogP contribution in [0.25, 0.3) is 0 Å². The Kier molecular flexibility index (Phi) is 4.47. The third-order valence-corrected chi connectivity index (χ3v) is 5.29. The lowest BCUT2D eigenvalue weighted by molar-refractivity contribution is 0.102. The number of anilines is 1. The van der Waals surface area contributed by atoms with E-state index in [0.29, 0.717) is 21.2 Å². The number of hydrogen-bond donors (Lipinski definition) is 1. The SMILES string of the molecule is N#Cc1c(NC(=O)c2cccc(Cl)c2)sc2c1CCCCC2. The van der Waals surface area contributed by atoms with Gasteiger partial charge in [-0.05, 0) is 49.4 Å². The van der Waals surface area contributed by atoms with Gasteiger partial charge in [0.25, 0.3) is 5.91 Å². The second-order valence-corrected chi connectivity index (χ2v) is 6.89. The van der Waals surface area contributed by atoms with E-state index in [1.165, 1.54) is 22.6 Å². The fraction of sp³-hybridized carbons (Fsp3) is 0.294. The van der Waals surface area contributed by atoms with Crippen molar-refractivity contribution >= 4 is 33.8 Å². The minimum absolute atomic E-state index is 0.226. The maximum atomic E-state index is 12.3. The molecule has 3 nitrogen and oxygen atoms in total. The van der Waals surface area contributed by atoms with E-state index in [1.54, 1.807) is 24.3 Å². The predicted molar refractivity (Wildman–Crippen MR) is 89.7 cm³/mol. The van der Waals surface area contributed by atoms with Crippen molar-refractivity contribution in [2.45, 2.75) is 32.1 Å². The first-order valence-corrected chi connectivity index (χ1v) is 8.50. The van der Waals surface area contributed by atoms with Gasteiger partial charge >= 0.3 is 0 Å². The fourth-order valence-corrected chi connectivity index (χ4v) is 4.18. The van der Waals surface area contributed by atoms with Crippen LogP contribution in [0.1, 0.15) is 45.6 Å². The van der Waals surface area contributed by atoms with Crippen molar-refractivity contribution in [3.63, 3.8) is 0 Å². The standard InChI is InChI=1S/C17H15ClN2OS/c18-12-6-4-5-11(9-12)16(21)20-17-14(10-19)13-7-2-1-3-8-15(13)22-17/h4-6,9H,1-3,7-8H2,(H,20,21). The summed E-state index contributed by atoms with van der Waals surface area (Å²) in [6.07, 6.45) is 5.40. The molecule has 112 valence electrons. The molecule has 1 heterocycles. The van der Waals surface area contributed by atoms with Gasteiger partial charge in [0.05, 0.1) is 5.56 Å². The number of hydrogen-bond acceptors (Lipinski definition) is 3. The number of benzene rings is 1. The summed E-state index contributed by atoms with van der Waals surface area (Å²) in [5, 5.41) is 13.5. The molecule has 0 unspecified atom stereocenters. The molecule has 0 radical (unpaired) electrons. The van der Waals surface area contributed by atoms with Gasteiger partial charge in [-0.3, -0.25) is 4.79 Å². The number of amides is 1. The third-order valence-electron chi connectivity index (χ3n) is 3.85. The summed E-state index contributed by atoms with van der Waals surface area (Å²) in [5.74, 6) is -0.226. The Morgan fingerprint density at radius 1 is 1.27 bits per heavy atom. The topological polar surface area (TPSA) is 52.9 Å². The first-order valence-electron chi connectivity index (χ1n) is 7.30. The van der Waals surface area contributed by atoms with E-state index in [1.807, 2.05) is 0 Å². The van der Waals surface area contributed by atoms with Gasteiger partial charge in [0.15, 0.2) is 0 Å². The van der Waals surface area contributed by atoms with Gasteiger partial charge in [-0.25, -0.2) is 0 Å². The smallest absolute Gasteiger partial charge is 0.256 e. The van der Waals surface area contributed by atoms with Crippen LogP contribution in [0.3, 0.4) is 0 Å².